The van der Waals surface area contributed by atoms with Gasteiger partial charge in [-0.05, 0) is 12.5 Å². The highest BCUT2D eigenvalue weighted by Crippen LogP contribution is 2.25. The van der Waals surface area contributed by atoms with Crippen LogP contribution in [-0.4, -0.2) is 34.1 Å². The molecular weight excluding hydrogens is 346 g/mol. The van der Waals surface area contributed by atoms with Crippen molar-refractivity contribution in [2.24, 2.45) is 5.14 Å². The van der Waals surface area contributed by atoms with Gasteiger partial charge in [0.25, 0.3) is 5.69 Å². The molecule has 12 heteroatoms. The summed E-state index contributed by atoms with van der Waals surface area (Å²) in [6, 6.07) is 2.92. The average molecular weight is 358 g/mol. The molecule has 0 amide bonds. The lowest BCUT2D eigenvalue weighted by atomic mass is 10.3. The number of sulfonamides is 2. The number of primary sulfonamides is 1. The molecule has 0 aliphatic carbocycles. The predicted molar refractivity (Wildman–Crippen MR) is 75.9 cm³/mol. The maximum atomic E-state index is 11.9. The third-order valence-corrected chi connectivity index (χ3v) is 5.12. The van der Waals surface area contributed by atoms with Crippen LogP contribution in [0.15, 0.2) is 23.1 Å². The smallest absolute Gasteiger partial charge is 0.258 e. The minimum Gasteiger partial charge on any atom is -0.258 e. The van der Waals surface area contributed by atoms with E-state index < -0.39 is 25.0 Å². The summed E-state index contributed by atoms with van der Waals surface area (Å²) in [4.78, 5) is 9.50. The van der Waals surface area contributed by atoms with Gasteiger partial charge >= 0.3 is 0 Å². The highest BCUT2D eigenvalue weighted by Gasteiger charge is 2.20. The van der Waals surface area contributed by atoms with Gasteiger partial charge in [-0.2, -0.15) is 0 Å². The molecule has 118 valence electrons. The highest BCUT2D eigenvalue weighted by atomic mass is 35.5. The van der Waals surface area contributed by atoms with Gasteiger partial charge < -0.3 is 0 Å². The van der Waals surface area contributed by atoms with Gasteiger partial charge in [-0.25, -0.2) is 26.7 Å². The van der Waals surface area contributed by atoms with Crippen LogP contribution in [0, 0.1) is 10.1 Å². The number of nitrogens with one attached hydrogen (secondary N) is 1. The van der Waals surface area contributed by atoms with Crippen LogP contribution in [0.1, 0.15) is 6.42 Å². The second-order valence-corrected chi connectivity index (χ2v) is 7.87. The van der Waals surface area contributed by atoms with E-state index >= 15 is 0 Å². The molecule has 0 saturated heterocycles. The average Bonchev–Trinajstić information content (AvgIpc) is 2.33. The number of nitrogens with zero attached hydrogens (tertiary/aromatic N) is 1. The number of hydrogen-bond acceptors (Lipinski definition) is 6. The van der Waals surface area contributed by atoms with Gasteiger partial charge in [0.15, 0.2) is 0 Å². The third kappa shape index (κ3) is 5.55. The van der Waals surface area contributed by atoms with E-state index in [4.69, 9.17) is 16.7 Å². The van der Waals surface area contributed by atoms with Crippen LogP contribution in [0.25, 0.3) is 0 Å². The van der Waals surface area contributed by atoms with Gasteiger partial charge in [0.1, 0.15) is 4.90 Å². The van der Waals surface area contributed by atoms with E-state index in [1.807, 2.05) is 0 Å². The van der Waals surface area contributed by atoms with Gasteiger partial charge in [-0.1, -0.05) is 11.6 Å². The Balaban J connectivity index is 2.81. The monoisotopic (exact) mass is 357 g/mol. The fourth-order valence-electron chi connectivity index (χ4n) is 1.38. The lowest BCUT2D eigenvalue weighted by Gasteiger charge is -2.07. The topological polar surface area (TPSA) is 149 Å². The number of non-ortho nitro benzene ring substituents is 1. The number of nitrogens with two attached hydrogens (primary N) is 1. The van der Waals surface area contributed by atoms with Gasteiger partial charge in [0, 0.05) is 18.7 Å². The molecule has 0 unspecified atom stereocenters. The minimum atomic E-state index is -3.99. The van der Waals surface area contributed by atoms with Crippen molar-refractivity contribution in [1.82, 2.24) is 4.72 Å². The Morgan fingerprint density at radius 1 is 1.29 bits per heavy atom. The van der Waals surface area contributed by atoms with Crippen LogP contribution < -0.4 is 9.86 Å². The number of hydrogen-bond donors (Lipinski definition) is 2. The molecule has 0 radical (unpaired) electrons. The van der Waals surface area contributed by atoms with E-state index in [9.17, 15) is 26.9 Å². The number of rotatable bonds is 7. The molecule has 0 aliphatic heterocycles. The molecule has 0 heterocycles. The highest BCUT2D eigenvalue weighted by molar-refractivity contribution is 7.89. The Labute approximate surface area is 126 Å². The molecule has 1 rings (SSSR count). The first-order valence-corrected chi connectivity index (χ1v) is 9.05. The standard InChI is InChI=1S/C9H12ClN3O6S2/c10-8-6-7(13(14)15)2-3-9(8)21(18,19)12-4-1-5-20(11,16)17/h2-3,6,12H,1,4-5H2,(H2,11,16,17). The molecule has 1 aromatic carbocycles. The molecule has 0 aliphatic rings. The van der Waals surface area contributed by atoms with Crippen LogP contribution in [0.4, 0.5) is 5.69 Å². The third-order valence-electron chi connectivity index (χ3n) is 2.31. The lowest BCUT2D eigenvalue weighted by Crippen LogP contribution is -2.27. The molecule has 9 nitrogen and oxygen atoms in total. The molecule has 0 fully saturated rings. The first kappa shape index (κ1) is 17.8. The molecule has 21 heavy (non-hydrogen) atoms. The molecule has 0 aromatic heterocycles. The Morgan fingerprint density at radius 2 is 1.90 bits per heavy atom. The van der Waals surface area contributed by atoms with Crippen molar-refractivity contribution in [3.8, 4) is 0 Å². The summed E-state index contributed by atoms with van der Waals surface area (Å²) < 4.78 is 47.4. The summed E-state index contributed by atoms with van der Waals surface area (Å²) in [7, 11) is -7.66. The van der Waals surface area contributed by atoms with Crippen molar-refractivity contribution in [1.29, 1.82) is 0 Å². The fraction of sp³-hybridized carbons (Fsp3) is 0.333. The minimum absolute atomic E-state index is 0.0112. The Bertz CT molecular complexity index is 747. The van der Waals surface area contributed by atoms with Crippen molar-refractivity contribution in [3.63, 3.8) is 0 Å². The molecule has 3 N–H and O–H groups in total. The second-order valence-electron chi connectivity index (χ2n) is 3.99. The van der Waals surface area contributed by atoms with Crippen molar-refractivity contribution < 1.29 is 21.8 Å². The van der Waals surface area contributed by atoms with E-state index in [0.29, 0.717) is 0 Å². The summed E-state index contributed by atoms with van der Waals surface area (Å²) in [6.07, 6.45) is -0.0112. The van der Waals surface area contributed by atoms with Crippen molar-refractivity contribution in [2.75, 3.05) is 12.3 Å². The SMILES string of the molecule is NS(=O)(=O)CCCNS(=O)(=O)c1ccc([N+](=O)[O-])cc1Cl. The lowest BCUT2D eigenvalue weighted by molar-refractivity contribution is -0.384. The summed E-state index contributed by atoms with van der Waals surface area (Å²) in [5, 5.41) is 15.0. The summed E-state index contributed by atoms with van der Waals surface area (Å²) in [5.74, 6) is -0.372. The Hall–Kier alpha value is -1.27. The van der Waals surface area contributed by atoms with Crippen LogP contribution in [0.3, 0.4) is 0 Å². The van der Waals surface area contributed by atoms with E-state index in [-0.39, 0.29) is 34.3 Å². The molecule has 0 spiro atoms. The number of benzene rings is 1. The molecule has 0 bridgehead atoms. The Kier molecular flexibility index (Phi) is 5.64. The maximum Gasteiger partial charge on any atom is 0.271 e. The van der Waals surface area contributed by atoms with Crippen LogP contribution in [0.2, 0.25) is 5.02 Å². The zero-order valence-corrected chi connectivity index (χ0v) is 12.9. The number of nitro benzene ring substituents is 1. The first-order valence-electron chi connectivity index (χ1n) is 5.47. The Morgan fingerprint density at radius 3 is 2.38 bits per heavy atom. The molecule has 1 aromatic rings. The molecular formula is C9H12ClN3O6S2. The number of nitro groups is 1. The predicted octanol–water partition coefficient (Wildman–Crippen LogP) is 0.205. The van der Waals surface area contributed by atoms with Crippen molar-refractivity contribution in [2.45, 2.75) is 11.3 Å². The quantitative estimate of drug-likeness (QED) is 0.404. The van der Waals surface area contributed by atoms with Crippen LogP contribution >= 0.6 is 11.6 Å². The fourth-order valence-corrected chi connectivity index (χ4v) is 3.54. The maximum absolute atomic E-state index is 11.9. The summed E-state index contributed by atoms with van der Waals surface area (Å²) >= 11 is 5.70. The van der Waals surface area contributed by atoms with Crippen molar-refractivity contribution >= 4 is 37.3 Å². The molecule has 0 saturated carbocycles. The zero-order valence-electron chi connectivity index (χ0n) is 10.5. The number of halogens is 1. The van der Waals surface area contributed by atoms with E-state index in [1.54, 1.807) is 0 Å². The largest absolute Gasteiger partial charge is 0.271 e. The van der Waals surface area contributed by atoms with Gasteiger partial charge in [-0.3, -0.25) is 10.1 Å². The van der Waals surface area contributed by atoms with E-state index in [1.165, 1.54) is 0 Å². The van der Waals surface area contributed by atoms with Gasteiger partial charge in [-0.15, -0.1) is 0 Å². The van der Waals surface area contributed by atoms with E-state index in [2.05, 4.69) is 4.72 Å². The van der Waals surface area contributed by atoms with Gasteiger partial charge in [0.05, 0.1) is 15.7 Å². The summed E-state index contributed by atoms with van der Waals surface area (Å²) in [6.45, 7) is -0.161. The van der Waals surface area contributed by atoms with Crippen LogP contribution in [-0.2, 0) is 20.0 Å². The molecule has 0 atom stereocenters. The van der Waals surface area contributed by atoms with E-state index in [0.717, 1.165) is 18.2 Å². The van der Waals surface area contributed by atoms with Crippen LogP contribution in [0.5, 0.6) is 0 Å². The summed E-state index contributed by atoms with van der Waals surface area (Å²) in [5.41, 5.74) is -0.340. The first-order chi connectivity index (χ1) is 9.53. The van der Waals surface area contributed by atoms with Gasteiger partial charge in [0.2, 0.25) is 20.0 Å². The normalized spacial score (nSPS) is 12.3. The van der Waals surface area contributed by atoms with Crippen molar-refractivity contribution in [3.05, 3.63) is 33.3 Å². The zero-order chi connectivity index (χ0) is 16.3. The second kappa shape index (κ2) is 6.66.